The van der Waals surface area contributed by atoms with E-state index in [1.807, 2.05) is 13.0 Å². The summed E-state index contributed by atoms with van der Waals surface area (Å²) in [6, 6.07) is 12.7. The van der Waals surface area contributed by atoms with Gasteiger partial charge < -0.3 is 0 Å². The first-order valence-electron chi connectivity index (χ1n) is 7.16. The summed E-state index contributed by atoms with van der Waals surface area (Å²) in [7, 11) is -3.84. The number of nitrogens with zero attached hydrogens (tertiary/aromatic N) is 1. The summed E-state index contributed by atoms with van der Waals surface area (Å²) in [6.45, 7) is 1.99. The van der Waals surface area contributed by atoms with Gasteiger partial charge in [-0.1, -0.05) is 19.1 Å². The Morgan fingerprint density at radius 3 is 2.74 bits per heavy atom. The van der Waals surface area contributed by atoms with E-state index in [1.54, 1.807) is 30.3 Å². The monoisotopic (exact) mass is 330 g/mol. The van der Waals surface area contributed by atoms with E-state index in [0.717, 1.165) is 18.1 Å². The number of pyridine rings is 1. The highest BCUT2D eigenvalue weighted by molar-refractivity contribution is 7.93. The fourth-order valence-corrected chi connectivity index (χ4v) is 3.66. The van der Waals surface area contributed by atoms with Crippen molar-refractivity contribution in [1.82, 2.24) is 4.98 Å². The van der Waals surface area contributed by atoms with Crippen LogP contribution in [0, 0.1) is 5.82 Å². The molecule has 0 atom stereocenters. The number of sulfonamides is 1. The van der Waals surface area contributed by atoms with Crippen LogP contribution in [0.15, 0.2) is 59.6 Å². The summed E-state index contributed by atoms with van der Waals surface area (Å²) in [4.78, 5) is 3.93. The fraction of sp³-hybridized carbons (Fsp3) is 0.118. The minimum absolute atomic E-state index is 0.00361. The lowest BCUT2D eigenvalue weighted by atomic mass is 10.1. The van der Waals surface area contributed by atoms with E-state index < -0.39 is 15.8 Å². The van der Waals surface area contributed by atoms with Crippen LogP contribution in [0.4, 0.5) is 10.1 Å². The molecule has 0 unspecified atom stereocenters. The lowest BCUT2D eigenvalue weighted by Gasteiger charge is -2.11. The van der Waals surface area contributed by atoms with Gasteiger partial charge in [-0.2, -0.15) is 0 Å². The van der Waals surface area contributed by atoms with Crippen molar-refractivity contribution in [2.75, 3.05) is 4.72 Å². The van der Waals surface area contributed by atoms with Crippen LogP contribution < -0.4 is 4.72 Å². The van der Waals surface area contributed by atoms with Crippen molar-refractivity contribution in [3.63, 3.8) is 0 Å². The van der Waals surface area contributed by atoms with Gasteiger partial charge in [0.25, 0.3) is 10.0 Å². The van der Waals surface area contributed by atoms with Gasteiger partial charge in [-0.3, -0.25) is 9.71 Å². The molecule has 0 bridgehead atoms. The van der Waals surface area contributed by atoms with Gasteiger partial charge >= 0.3 is 0 Å². The second-order valence-electron chi connectivity index (χ2n) is 5.10. The SMILES string of the molecule is CCc1cccc(NS(=O)(=O)c2ccc(F)c3ncccc23)c1. The zero-order valence-electron chi connectivity index (χ0n) is 12.5. The molecule has 0 aliphatic heterocycles. The quantitative estimate of drug-likeness (QED) is 0.793. The maximum atomic E-state index is 13.8. The van der Waals surface area contributed by atoms with Gasteiger partial charge in [-0.05, 0) is 48.4 Å². The Bertz CT molecular complexity index is 971. The van der Waals surface area contributed by atoms with Crippen LogP contribution in [0.2, 0.25) is 0 Å². The average molecular weight is 330 g/mol. The van der Waals surface area contributed by atoms with E-state index in [4.69, 9.17) is 0 Å². The predicted octanol–water partition coefficient (Wildman–Crippen LogP) is 3.74. The highest BCUT2D eigenvalue weighted by atomic mass is 32.2. The molecule has 23 heavy (non-hydrogen) atoms. The van der Waals surface area contributed by atoms with Crippen molar-refractivity contribution >= 4 is 26.6 Å². The molecule has 2 aromatic carbocycles. The molecule has 1 N–H and O–H groups in total. The van der Waals surface area contributed by atoms with Gasteiger partial charge in [0.1, 0.15) is 11.3 Å². The molecule has 0 radical (unpaired) electrons. The van der Waals surface area contributed by atoms with Gasteiger partial charge in [0.2, 0.25) is 0 Å². The van der Waals surface area contributed by atoms with E-state index >= 15 is 0 Å². The maximum absolute atomic E-state index is 13.8. The lowest BCUT2D eigenvalue weighted by molar-refractivity contribution is 0.601. The summed E-state index contributed by atoms with van der Waals surface area (Å²) in [5.41, 5.74) is 1.54. The first-order valence-corrected chi connectivity index (χ1v) is 8.64. The maximum Gasteiger partial charge on any atom is 0.262 e. The van der Waals surface area contributed by atoms with Gasteiger partial charge in [0.15, 0.2) is 0 Å². The van der Waals surface area contributed by atoms with Gasteiger partial charge in [0.05, 0.1) is 4.90 Å². The average Bonchev–Trinajstić information content (AvgIpc) is 2.55. The number of rotatable bonds is 4. The van der Waals surface area contributed by atoms with Gasteiger partial charge in [-0.15, -0.1) is 0 Å². The standard InChI is InChI=1S/C17H15FN2O2S/c1-2-12-5-3-6-13(11-12)20-23(21,22)16-9-8-15(18)17-14(16)7-4-10-19-17/h3-11,20H,2H2,1H3. The topological polar surface area (TPSA) is 59.1 Å². The van der Waals surface area contributed by atoms with Gasteiger partial charge in [0, 0.05) is 17.3 Å². The Morgan fingerprint density at radius 2 is 1.96 bits per heavy atom. The third kappa shape index (κ3) is 3.03. The molecule has 3 rings (SSSR count). The summed E-state index contributed by atoms with van der Waals surface area (Å²) >= 11 is 0. The van der Waals surface area contributed by atoms with Crippen LogP contribution in [0.5, 0.6) is 0 Å². The molecule has 0 fully saturated rings. The van der Waals surface area contributed by atoms with Crippen LogP contribution in [-0.2, 0) is 16.4 Å². The molecule has 0 aliphatic rings. The number of hydrogen-bond acceptors (Lipinski definition) is 3. The number of benzene rings is 2. The third-order valence-electron chi connectivity index (χ3n) is 3.56. The second-order valence-corrected chi connectivity index (χ2v) is 6.76. The summed E-state index contributed by atoms with van der Waals surface area (Å²) in [5.74, 6) is -0.549. The number of fused-ring (bicyclic) bond motifs is 1. The normalized spacial score (nSPS) is 11.6. The summed E-state index contributed by atoms with van der Waals surface area (Å²) in [5, 5.41) is 0.256. The Hall–Kier alpha value is -2.47. The number of hydrogen-bond donors (Lipinski definition) is 1. The van der Waals surface area contributed by atoms with E-state index in [1.165, 1.54) is 12.3 Å². The molecule has 6 heteroatoms. The number of aromatic nitrogens is 1. The van der Waals surface area contributed by atoms with Crippen molar-refractivity contribution in [3.8, 4) is 0 Å². The molecule has 0 aliphatic carbocycles. The zero-order valence-corrected chi connectivity index (χ0v) is 13.3. The minimum atomic E-state index is -3.84. The van der Waals surface area contributed by atoms with E-state index in [9.17, 15) is 12.8 Å². The van der Waals surface area contributed by atoms with Crippen LogP contribution in [0.1, 0.15) is 12.5 Å². The van der Waals surface area contributed by atoms with Crippen molar-refractivity contribution in [1.29, 1.82) is 0 Å². The summed E-state index contributed by atoms with van der Waals surface area (Å²) in [6.07, 6.45) is 2.24. The van der Waals surface area contributed by atoms with Crippen LogP contribution in [-0.4, -0.2) is 13.4 Å². The van der Waals surface area contributed by atoms with E-state index in [2.05, 4.69) is 9.71 Å². The highest BCUT2D eigenvalue weighted by Gasteiger charge is 2.19. The Morgan fingerprint density at radius 1 is 1.13 bits per heavy atom. The lowest BCUT2D eigenvalue weighted by Crippen LogP contribution is -2.14. The number of nitrogens with one attached hydrogen (secondary N) is 1. The molecule has 0 saturated carbocycles. The zero-order chi connectivity index (χ0) is 16.4. The molecular formula is C17H15FN2O2S. The molecule has 0 saturated heterocycles. The molecule has 118 valence electrons. The number of halogens is 1. The van der Waals surface area contributed by atoms with E-state index in [0.29, 0.717) is 5.69 Å². The third-order valence-corrected chi connectivity index (χ3v) is 5.00. The van der Waals surface area contributed by atoms with E-state index in [-0.39, 0.29) is 15.8 Å². The molecule has 3 aromatic rings. The van der Waals surface area contributed by atoms with Crippen LogP contribution >= 0.6 is 0 Å². The molecule has 0 spiro atoms. The Labute approximate surface area is 134 Å². The predicted molar refractivity (Wildman–Crippen MR) is 88.3 cm³/mol. The van der Waals surface area contributed by atoms with Crippen molar-refractivity contribution < 1.29 is 12.8 Å². The van der Waals surface area contributed by atoms with Crippen LogP contribution in [0.25, 0.3) is 10.9 Å². The molecular weight excluding hydrogens is 315 g/mol. The Kier molecular flexibility index (Phi) is 4.00. The first kappa shape index (κ1) is 15.4. The largest absolute Gasteiger partial charge is 0.280 e. The smallest absolute Gasteiger partial charge is 0.262 e. The molecule has 4 nitrogen and oxygen atoms in total. The number of anilines is 1. The van der Waals surface area contributed by atoms with Crippen molar-refractivity contribution in [2.45, 2.75) is 18.2 Å². The summed E-state index contributed by atoms with van der Waals surface area (Å²) < 4.78 is 41.7. The van der Waals surface area contributed by atoms with Crippen molar-refractivity contribution in [3.05, 3.63) is 66.1 Å². The highest BCUT2D eigenvalue weighted by Crippen LogP contribution is 2.26. The molecule has 0 amide bonds. The molecule has 1 heterocycles. The number of aryl methyl sites for hydroxylation is 1. The second kappa shape index (κ2) is 5.96. The van der Waals surface area contributed by atoms with Crippen molar-refractivity contribution in [2.24, 2.45) is 0 Å². The molecule has 1 aromatic heterocycles. The first-order chi connectivity index (χ1) is 11.0. The Balaban J connectivity index is 2.08. The minimum Gasteiger partial charge on any atom is -0.280 e. The fourth-order valence-electron chi connectivity index (χ4n) is 2.41. The van der Waals surface area contributed by atoms with Crippen LogP contribution in [0.3, 0.4) is 0 Å². The van der Waals surface area contributed by atoms with Gasteiger partial charge in [-0.25, -0.2) is 12.8 Å².